The Morgan fingerprint density at radius 2 is 0.494 bits per heavy atom. The summed E-state index contributed by atoms with van der Waals surface area (Å²) in [5.41, 5.74) is 0. The fourth-order valence-electron chi connectivity index (χ4n) is 9.00. The van der Waals surface area contributed by atoms with E-state index in [0.29, 0.717) is 19.3 Å². The zero-order valence-corrected chi connectivity index (χ0v) is 53.7. The topological polar surface area (TPSA) is 78.9 Å². The summed E-state index contributed by atoms with van der Waals surface area (Å²) >= 11 is 0. The molecule has 6 nitrogen and oxygen atoms in total. The van der Waals surface area contributed by atoms with Gasteiger partial charge in [0.1, 0.15) is 13.2 Å². The van der Waals surface area contributed by atoms with Crippen LogP contribution in [-0.2, 0) is 28.6 Å². The van der Waals surface area contributed by atoms with Crippen LogP contribution in [0.25, 0.3) is 0 Å². The van der Waals surface area contributed by atoms with Crippen LogP contribution in [0.15, 0.2) is 158 Å². The maximum Gasteiger partial charge on any atom is 0.306 e. The number of ether oxygens (including phenoxy) is 3. The summed E-state index contributed by atoms with van der Waals surface area (Å²) in [6, 6.07) is 0. The van der Waals surface area contributed by atoms with Crippen LogP contribution < -0.4 is 0 Å². The van der Waals surface area contributed by atoms with E-state index in [1.54, 1.807) is 0 Å². The third kappa shape index (κ3) is 67.7. The lowest BCUT2D eigenvalue weighted by Gasteiger charge is -2.18. The fraction of sp³-hybridized carbons (Fsp3) is 0.623. The van der Waals surface area contributed by atoms with E-state index in [9.17, 15) is 14.4 Å². The largest absolute Gasteiger partial charge is 0.462 e. The number of esters is 3. The molecule has 0 aromatic rings. The molecule has 0 fully saturated rings. The summed E-state index contributed by atoms with van der Waals surface area (Å²) in [6.07, 6.45) is 101. The molecule has 0 aliphatic rings. The monoisotopic (exact) mass is 1140 g/mol. The van der Waals surface area contributed by atoms with Crippen molar-refractivity contribution in [3.05, 3.63) is 158 Å². The van der Waals surface area contributed by atoms with Gasteiger partial charge in [-0.25, -0.2) is 0 Å². The molecule has 6 heteroatoms. The van der Waals surface area contributed by atoms with Gasteiger partial charge in [0.25, 0.3) is 0 Å². The molecule has 0 heterocycles. The van der Waals surface area contributed by atoms with Crippen LogP contribution >= 0.6 is 0 Å². The third-order valence-corrected chi connectivity index (χ3v) is 14.0. The van der Waals surface area contributed by atoms with Gasteiger partial charge in [-0.2, -0.15) is 0 Å². The second kappa shape index (κ2) is 69.5. The quantitative estimate of drug-likeness (QED) is 0.0261. The average molecular weight is 1150 g/mol. The van der Waals surface area contributed by atoms with Crippen LogP contribution in [0.4, 0.5) is 0 Å². The van der Waals surface area contributed by atoms with E-state index >= 15 is 0 Å². The predicted molar refractivity (Wildman–Crippen MR) is 362 cm³/mol. The molecule has 0 saturated heterocycles. The average Bonchev–Trinajstić information content (AvgIpc) is 3.49. The first-order chi connectivity index (χ1) is 41.0. The van der Waals surface area contributed by atoms with Gasteiger partial charge in [0.2, 0.25) is 0 Å². The molecule has 0 aliphatic carbocycles. The minimum absolute atomic E-state index is 0.112. The molecular formula is C77H124O6. The Morgan fingerprint density at radius 3 is 0.807 bits per heavy atom. The molecule has 0 spiro atoms. The summed E-state index contributed by atoms with van der Waals surface area (Å²) < 4.78 is 16.9. The Bertz CT molecular complexity index is 1840. The van der Waals surface area contributed by atoms with E-state index in [1.165, 1.54) is 122 Å². The van der Waals surface area contributed by atoms with Crippen molar-refractivity contribution in [1.29, 1.82) is 0 Å². The van der Waals surface area contributed by atoms with Gasteiger partial charge < -0.3 is 14.2 Å². The first kappa shape index (κ1) is 78.0. The number of rotatable bonds is 60. The highest BCUT2D eigenvalue weighted by atomic mass is 16.6. The summed E-state index contributed by atoms with van der Waals surface area (Å²) in [5, 5.41) is 0. The molecule has 0 aliphatic heterocycles. The maximum atomic E-state index is 12.9. The highest BCUT2D eigenvalue weighted by Crippen LogP contribution is 2.15. The number of hydrogen-bond donors (Lipinski definition) is 0. The van der Waals surface area contributed by atoms with Gasteiger partial charge in [0, 0.05) is 19.3 Å². The lowest BCUT2D eigenvalue weighted by molar-refractivity contribution is -0.166. The minimum Gasteiger partial charge on any atom is -0.462 e. The molecule has 0 rings (SSSR count). The zero-order chi connectivity index (χ0) is 59.9. The van der Waals surface area contributed by atoms with Crippen molar-refractivity contribution in [3.8, 4) is 0 Å². The molecule has 83 heavy (non-hydrogen) atoms. The van der Waals surface area contributed by atoms with Gasteiger partial charge in [0.15, 0.2) is 6.10 Å². The van der Waals surface area contributed by atoms with E-state index in [-0.39, 0.29) is 37.5 Å². The molecular weight excluding hydrogens is 1020 g/mol. The van der Waals surface area contributed by atoms with Crippen molar-refractivity contribution in [2.75, 3.05) is 13.2 Å². The van der Waals surface area contributed by atoms with Gasteiger partial charge in [-0.1, -0.05) is 294 Å². The molecule has 0 saturated carbocycles. The van der Waals surface area contributed by atoms with Crippen molar-refractivity contribution >= 4 is 17.9 Å². The lowest BCUT2D eigenvalue weighted by atomic mass is 10.0. The highest BCUT2D eigenvalue weighted by molar-refractivity contribution is 5.71. The molecule has 0 bridgehead atoms. The summed E-state index contributed by atoms with van der Waals surface area (Å²) in [7, 11) is 0. The number of allylic oxidation sites excluding steroid dienone is 26. The second-order valence-electron chi connectivity index (χ2n) is 22.0. The molecule has 468 valence electrons. The van der Waals surface area contributed by atoms with Gasteiger partial charge in [0.05, 0.1) is 0 Å². The fourth-order valence-corrected chi connectivity index (χ4v) is 9.00. The van der Waals surface area contributed by atoms with Crippen molar-refractivity contribution < 1.29 is 28.6 Å². The van der Waals surface area contributed by atoms with Crippen LogP contribution in [0.3, 0.4) is 0 Å². The van der Waals surface area contributed by atoms with Crippen LogP contribution in [0, 0.1) is 0 Å². The van der Waals surface area contributed by atoms with Crippen molar-refractivity contribution in [2.24, 2.45) is 0 Å². The van der Waals surface area contributed by atoms with E-state index in [4.69, 9.17) is 14.2 Å². The molecule has 0 aromatic heterocycles. The molecule has 0 N–H and O–H groups in total. The molecule has 1 atom stereocenters. The Morgan fingerprint density at radius 1 is 0.253 bits per heavy atom. The van der Waals surface area contributed by atoms with Gasteiger partial charge >= 0.3 is 17.9 Å². The molecule has 0 aromatic carbocycles. The standard InChI is InChI=1S/C77H124O6/c1-4-7-10-13-16-19-22-25-27-29-31-33-35-37-38-40-41-43-45-47-49-52-55-58-61-64-67-70-76(79)82-73-74(72-81-75(78)69-66-63-60-57-54-51-24-21-18-15-12-9-6-3)83-77(80)71-68-65-62-59-56-53-50-48-46-44-42-39-36-34-32-30-28-26-23-20-17-14-11-8-5-2/h7,9-10,12,16,18-19,21,23,25-27,30-33,36-39,41,43,51,54,60,63,74H,4-6,8,11,13-15,17,20,22,24,28-29,34-35,40,42,44-50,52-53,55-59,61-62,64-73H2,1-3H3/b10-7-,12-9-,19-16-,21-18-,26-23-,27-25-,32-30-,33-31-,38-37-,39-36-,43-41-,54-51-,63-60-. The van der Waals surface area contributed by atoms with Gasteiger partial charge in [-0.05, 0) is 135 Å². The van der Waals surface area contributed by atoms with E-state index < -0.39 is 6.10 Å². The lowest BCUT2D eigenvalue weighted by Crippen LogP contribution is -2.30. The molecule has 0 radical (unpaired) electrons. The van der Waals surface area contributed by atoms with E-state index in [1.807, 2.05) is 6.08 Å². The Hall–Kier alpha value is -4.97. The molecule has 0 amide bonds. The van der Waals surface area contributed by atoms with Gasteiger partial charge in [-0.15, -0.1) is 0 Å². The minimum atomic E-state index is -0.822. The summed E-state index contributed by atoms with van der Waals surface area (Å²) in [5.74, 6) is -1.01. The first-order valence-corrected chi connectivity index (χ1v) is 34.0. The normalized spacial score (nSPS) is 13.1. The van der Waals surface area contributed by atoms with Crippen LogP contribution in [0.5, 0.6) is 0 Å². The molecule has 1 unspecified atom stereocenters. The van der Waals surface area contributed by atoms with Gasteiger partial charge in [-0.3, -0.25) is 14.4 Å². The van der Waals surface area contributed by atoms with Crippen molar-refractivity contribution in [3.63, 3.8) is 0 Å². The SMILES string of the molecule is CC/C=C\C/C=C\C/C=C\C/C=C\C/C=C\C/C=C\CCCCCCCCCCC(=O)OCC(COC(=O)CC/C=C\C/C=C\C/C=C\C/C=C\CC)OC(=O)CCCCCCCCCCCC/C=C\C/C=C\C/C=C\CCCCCCC. The predicted octanol–water partition coefficient (Wildman–Crippen LogP) is 23.7. The Kier molecular flexibility index (Phi) is 65.4. The Balaban J connectivity index is 4.39. The zero-order valence-electron chi connectivity index (χ0n) is 53.7. The van der Waals surface area contributed by atoms with Crippen LogP contribution in [0.1, 0.15) is 290 Å². The summed E-state index contributed by atoms with van der Waals surface area (Å²) in [6.45, 7) is 6.33. The number of carbonyl (C=O) groups excluding carboxylic acids is 3. The van der Waals surface area contributed by atoms with Crippen LogP contribution in [0.2, 0.25) is 0 Å². The smallest absolute Gasteiger partial charge is 0.306 e. The second-order valence-corrected chi connectivity index (χ2v) is 22.0. The van der Waals surface area contributed by atoms with Crippen molar-refractivity contribution in [2.45, 2.75) is 297 Å². The van der Waals surface area contributed by atoms with E-state index in [2.05, 4.69) is 173 Å². The first-order valence-electron chi connectivity index (χ1n) is 34.0. The maximum absolute atomic E-state index is 12.9. The van der Waals surface area contributed by atoms with Crippen molar-refractivity contribution in [1.82, 2.24) is 0 Å². The number of unbranched alkanes of at least 4 members (excludes halogenated alkanes) is 23. The number of carbonyl (C=O) groups is 3. The van der Waals surface area contributed by atoms with Crippen LogP contribution in [-0.4, -0.2) is 37.2 Å². The highest BCUT2D eigenvalue weighted by Gasteiger charge is 2.19. The summed E-state index contributed by atoms with van der Waals surface area (Å²) in [4.78, 5) is 38.3. The van der Waals surface area contributed by atoms with E-state index in [0.717, 1.165) is 122 Å². The Labute approximate surface area is 511 Å². The number of hydrogen-bond acceptors (Lipinski definition) is 6. The third-order valence-electron chi connectivity index (χ3n) is 14.0.